The lowest BCUT2D eigenvalue weighted by Crippen LogP contribution is -2.34. The summed E-state index contributed by atoms with van der Waals surface area (Å²) < 4.78 is 10.7. The molecule has 0 saturated carbocycles. The van der Waals surface area contributed by atoms with Crippen LogP contribution in [0.2, 0.25) is 0 Å². The van der Waals surface area contributed by atoms with Crippen molar-refractivity contribution < 1.29 is 13.9 Å². The fourth-order valence-corrected chi connectivity index (χ4v) is 2.46. The van der Waals surface area contributed by atoms with Gasteiger partial charge in [-0.3, -0.25) is 10.1 Å². The van der Waals surface area contributed by atoms with Crippen molar-refractivity contribution in [2.75, 3.05) is 12.4 Å². The van der Waals surface area contributed by atoms with Crippen molar-refractivity contribution in [1.29, 1.82) is 0 Å². The van der Waals surface area contributed by atoms with Gasteiger partial charge in [0.2, 0.25) is 0 Å². The lowest BCUT2D eigenvalue weighted by molar-refractivity contribution is 0.0977. The Kier molecular flexibility index (Phi) is 5.06. The first-order valence-electron chi connectivity index (χ1n) is 7.41. The van der Waals surface area contributed by atoms with Crippen molar-refractivity contribution in [3.05, 3.63) is 66.7 Å². The van der Waals surface area contributed by atoms with Gasteiger partial charge in [0.15, 0.2) is 17.3 Å². The van der Waals surface area contributed by atoms with Crippen LogP contribution < -0.4 is 15.4 Å². The molecule has 3 rings (SSSR count). The average Bonchev–Trinajstić information content (AvgIpc) is 3.16. The third kappa shape index (κ3) is 4.02. The smallest absolute Gasteiger partial charge is 0.257 e. The number of carbonyl (C=O) groups is 1. The fraction of sp³-hybridized carbons (Fsp3) is 0.0556. The van der Waals surface area contributed by atoms with E-state index in [1.165, 1.54) is 6.39 Å². The molecule has 0 unspecified atom stereocenters. The molecule has 0 saturated heterocycles. The molecule has 1 aromatic heterocycles. The van der Waals surface area contributed by atoms with Crippen LogP contribution in [0.4, 0.5) is 5.69 Å². The molecule has 3 aromatic rings. The summed E-state index contributed by atoms with van der Waals surface area (Å²) in [6.45, 7) is 0. The van der Waals surface area contributed by atoms with E-state index in [0.29, 0.717) is 22.8 Å². The third-order valence-electron chi connectivity index (χ3n) is 3.42. The van der Waals surface area contributed by atoms with E-state index in [-0.39, 0.29) is 11.0 Å². The molecular formula is C18H15N3O3S. The van der Waals surface area contributed by atoms with Gasteiger partial charge in [0.05, 0.1) is 18.9 Å². The maximum Gasteiger partial charge on any atom is 0.257 e. The lowest BCUT2D eigenvalue weighted by atomic mass is 10.1. The minimum absolute atomic E-state index is 0.198. The lowest BCUT2D eigenvalue weighted by Gasteiger charge is -2.12. The Bertz CT molecular complexity index is 880. The minimum atomic E-state index is -0.275. The van der Waals surface area contributed by atoms with Gasteiger partial charge in [-0.2, -0.15) is 0 Å². The van der Waals surface area contributed by atoms with Crippen molar-refractivity contribution in [3.63, 3.8) is 0 Å². The molecule has 1 amide bonds. The number of methoxy groups -OCH3 is 1. The average molecular weight is 353 g/mol. The number of nitrogens with zero attached hydrogens (tertiary/aromatic N) is 1. The Labute approximate surface area is 149 Å². The van der Waals surface area contributed by atoms with Crippen molar-refractivity contribution >= 4 is 28.9 Å². The summed E-state index contributed by atoms with van der Waals surface area (Å²) in [5.41, 5.74) is 1.98. The number of hydrogen-bond donors (Lipinski definition) is 2. The quantitative estimate of drug-likeness (QED) is 0.700. The summed E-state index contributed by atoms with van der Waals surface area (Å²) in [7, 11) is 1.56. The number of nitrogens with one attached hydrogen (secondary N) is 2. The summed E-state index contributed by atoms with van der Waals surface area (Å²) in [4.78, 5) is 16.0. The molecule has 0 aliphatic heterocycles. The maximum atomic E-state index is 12.1. The number of hydrogen-bond acceptors (Lipinski definition) is 5. The Hall–Kier alpha value is -3.19. The molecule has 25 heavy (non-hydrogen) atoms. The molecule has 0 radical (unpaired) electrons. The molecule has 0 aliphatic carbocycles. The molecule has 0 atom stereocenters. The third-order valence-corrected chi connectivity index (χ3v) is 3.62. The summed E-state index contributed by atoms with van der Waals surface area (Å²) in [6, 6.07) is 14.2. The highest BCUT2D eigenvalue weighted by molar-refractivity contribution is 7.80. The van der Waals surface area contributed by atoms with Crippen LogP contribution in [0.15, 0.2) is 65.5 Å². The zero-order valence-corrected chi connectivity index (χ0v) is 14.2. The number of benzene rings is 2. The summed E-state index contributed by atoms with van der Waals surface area (Å²) >= 11 is 5.19. The first-order valence-corrected chi connectivity index (χ1v) is 7.82. The molecule has 2 aromatic carbocycles. The predicted octanol–water partition coefficient (Wildman–Crippen LogP) is 3.48. The van der Waals surface area contributed by atoms with Crippen LogP contribution in [-0.2, 0) is 0 Å². The van der Waals surface area contributed by atoms with Crippen LogP contribution in [0.5, 0.6) is 5.75 Å². The fourth-order valence-electron chi connectivity index (χ4n) is 2.25. The van der Waals surface area contributed by atoms with E-state index in [0.717, 1.165) is 5.56 Å². The number of ether oxygens (including phenoxy) is 1. The number of anilines is 1. The Morgan fingerprint density at radius 1 is 1.20 bits per heavy atom. The molecule has 2 N–H and O–H groups in total. The second-order valence-corrected chi connectivity index (χ2v) is 5.46. The van der Waals surface area contributed by atoms with Crippen LogP contribution in [0.1, 0.15) is 10.4 Å². The molecule has 126 valence electrons. The van der Waals surface area contributed by atoms with Crippen molar-refractivity contribution in [2.24, 2.45) is 0 Å². The molecule has 1 heterocycles. The van der Waals surface area contributed by atoms with E-state index in [9.17, 15) is 4.79 Å². The van der Waals surface area contributed by atoms with E-state index in [1.807, 2.05) is 12.1 Å². The first-order chi connectivity index (χ1) is 12.2. The van der Waals surface area contributed by atoms with Gasteiger partial charge in [-0.25, -0.2) is 4.98 Å². The van der Waals surface area contributed by atoms with Crippen LogP contribution >= 0.6 is 12.2 Å². The van der Waals surface area contributed by atoms with Crippen LogP contribution in [0.3, 0.4) is 0 Å². The van der Waals surface area contributed by atoms with Crippen LogP contribution in [-0.4, -0.2) is 23.1 Å². The Morgan fingerprint density at radius 3 is 2.68 bits per heavy atom. The van der Waals surface area contributed by atoms with Gasteiger partial charge in [0.1, 0.15) is 5.75 Å². The number of aromatic nitrogens is 1. The number of thiocarbonyl (C=S) groups is 1. The Balaban J connectivity index is 1.70. The van der Waals surface area contributed by atoms with Gasteiger partial charge in [-0.1, -0.05) is 18.2 Å². The summed E-state index contributed by atoms with van der Waals surface area (Å²) in [5.74, 6) is 0.922. The van der Waals surface area contributed by atoms with E-state index < -0.39 is 0 Å². The zero-order valence-electron chi connectivity index (χ0n) is 13.4. The van der Waals surface area contributed by atoms with E-state index >= 15 is 0 Å². The first kappa shape index (κ1) is 16.7. The number of oxazole rings is 1. The highest BCUT2D eigenvalue weighted by Gasteiger charge is 2.12. The van der Waals surface area contributed by atoms with E-state index in [1.54, 1.807) is 49.7 Å². The normalized spacial score (nSPS) is 10.1. The Morgan fingerprint density at radius 2 is 2.00 bits per heavy atom. The van der Waals surface area contributed by atoms with Crippen LogP contribution in [0, 0.1) is 0 Å². The summed E-state index contributed by atoms with van der Waals surface area (Å²) in [6.07, 6.45) is 2.96. The highest BCUT2D eigenvalue weighted by Crippen LogP contribution is 2.32. The van der Waals surface area contributed by atoms with Gasteiger partial charge in [-0.05, 0) is 36.5 Å². The highest BCUT2D eigenvalue weighted by atomic mass is 32.1. The molecule has 0 fully saturated rings. The largest absolute Gasteiger partial charge is 0.496 e. The number of amides is 1. The van der Waals surface area contributed by atoms with Gasteiger partial charge < -0.3 is 14.5 Å². The summed E-state index contributed by atoms with van der Waals surface area (Å²) in [5, 5.41) is 5.80. The second-order valence-electron chi connectivity index (χ2n) is 5.06. The molecule has 0 spiro atoms. The molecular weight excluding hydrogens is 338 g/mol. The minimum Gasteiger partial charge on any atom is -0.496 e. The standard InChI is InChI=1S/C18H15N3O3S/c1-23-15-9-13(7-8-14(15)16-10-19-11-24-16)20-18(25)21-17(22)12-5-3-2-4-6-12/h2-11H,1H3,(H2,20,21,22,25). The van der Waals surface area contributed by atoms with Gasteiger partial charge >= 0.3 is 0 Å². The second kappa shape index (κ2) is 7.59. The zero-order chi connectivity index (χ0) is 17.6. The number of rotatable bonds is 4. The van der Waals surface area contributed by atoms with Gasteiger partial charge in [0, 0.05) is 17.3 Å². The van der Waals surface area contributed by atoms with Gasteiger partial charge in [-0.15, -0.1) is 0 Å². The maximum absolute atomic E-state index is 12.1. The van der Waals surface area contributed by atoms with E-state index in [2.05, 4.69) is 15.6 Å². The molecule has 0 bridgehead atoms. The number of carbonyl (C=O) groups excluding carboxylic acids is 1. The molecule has 6 nitrogen and oxygen atoms in total. The SMILES string of the molecule is COc1cc(NC(=S)NC(=O)c2ccccc2)ccc1-c1cnco1. The van der Waals surface area contributed by atoms with Gasteiger partial charge in [0.25, 0.3) is 5.91 Å². The van der Waals surface area contributed by atoms with Crippen LogP contribution in [0.25, 0.3) is 11.3 Å². The molecule has 7 heteroatoms. The van der Waals surface area contributed by atoms with Crippen molar-refractivity contribution in [2.45, 2.75) is 0 Å². The molecule has 0 aliphatic rings. The van der Waals surface area contributed by atoms with Crippen molar-refractivity contribution in [3.8, 4) is 17.1 Å². The topological polar surface area (TPSA) is 76.4 Å². The van der Waals surface area contributed by atoms with E-state index in [4.69, 9.17) is 21.4 Å². The monoisotopic (exact) mass is 353 g/mol. The predicted molar refractivity (Wildman–Crippen MR) is 98.6 cm³/mol. The van der Waals surface area contributed by atoms with Crippen molar-refractivity contribution in [1.82, 2.24) is 10.3 Å².